The molecule has 0 saturated carbocycles. The number of methoxy groups -OCH3 is 2. The first-order valence-corrected chi connectivity index (χ1v) is 5.74. The molecule has 0 radical (unpaired) electrons. The Balaban J connectivity index is 2.07. The summed E-state index contributed by atoms with van der Waals surface area (Å²) in [6, 6.07) is 9.28. The fraction of sp³-hybridized carbons (Fsp3) is 0.143. The Bertz CT molecular complexity index is 556. The molecule has 1 aromatic carbocycles. The summed E-state index contributed by atoms with van der Waals surface area (Å²) < 4.78 is 10.4. The van der Waals surface area contributed by atoms with Gasteiger partial charge in [0, 0.05) is 12.4 Å². The zero-order valence-electron chi connectivity index (χ0n) is 10.8. The number of pyridine rings is 1. The molecule has 1 heterocycles. The van der Waals surface area contributed by atoms with Gasteiger partial charge in [0.25, 0.3) is 0 Å². The molecule has 2 aromatic rings. The van der Waals surface area contributed by atoms with Crippen LogP contribution in [0.15, 0.2) is 47.8 Å². The molecule has 2 rings (SSSR count). The average molecular weight is 257 g/mol. The quantitative estimate of drug-likeness (QED) is 0.660. The van der Waals surface area contributed by atoms with Gasteiger partial charge >= 0.3 is 0 Å². The molecule has 5 heteroatoms. The van der Waals surface area contributed by atoms with Crippen molar-refractivity contribution in [2.75, 3.05) is 19.6 Å². The number of benzene rings is 1. The molecule has 0 fully saturated rings. The fourth-order valence-electron chi connectivity index (χ4n) is 1.54. The van der Waals surface area contributed by atoms with Gasteiger partial charge in [0.05, 0.1) is 26.1 Å². The van der Waals surface area contributed by atoms with Gasteiger partial charge < -0.3 is 9.47 Å². The molecule has 1 N–H and O–H groups in total. The van der Waals surface area contributed by atoms with Crippen LogP contribution in [0.3, 0.4) is 0 Å². The van der Waals surface area contributed by atoms with Crippen molar-refractivity contribution >= 4 is 11.9 Å². The van der Waals surface area contributed by atoms with E-state index in [4.69, 9.17) is 9.47 Å². The van der Waals surface area contributed by atoms with Gasteiger partial charge in [-0.3, -0.25) is 10.4 Å². The number of hydrogen-bond donors (Lipinski definition) is 1. The smallest absolute Gasteiger partial charge is 0.161 e. The van der Waals surface area contributed by atoms with Gasteiger partial charge in [-0.15, -0.1) is 0 Å². The van der Waals surface area contributed by atoms with E-state index in [1.165, 1.54) is 0 Å². The minimum Gasteiger partial charge on any atom is -0.493 e. The predicted octanol–water partition coefficient (Wildman–Crippen LogP) is 2.54. The third kappa shape index (κ3) is 3.45. The summed E-state index contributed by atoms with van der Waals surface area (Å²) in [7, 11) is 3.21. The molecule has 0 bridgehead atoms. The molecule has 0 spiro atoms. The van der Waals surface area contributed by atoms with Crippen LogP contribution in [0.5, 0.6) is 11.5 Å². The lowest BCUT2D eigenvalue weighted by Crippen LogP contribution is -1.94. The first-order valence-electron chi connectivity index (χ1n) is 5.74. The van der Waals surface area contributed by atoms with E-state index in [2.05, 4.69) is 15.5 Å². The second kappa shape index (κ2) is 6.39. The van der Waals surface area contributed by atoms with E-state index >= 15 is 0 Å². The third-order valence-electron chi connectivity index (χ3n) is 2.50. The van der Waals surface area contributed by atoms with Crippen molar-refractivity contribution in [1.82, 2.24) is 4.98 Å². The maximum absolute atomic E-state index is 5.23. The lowest BCUT2D eigenvalue weighted by Gasteiger charge is -2.07. The van der Waals surface area contributed by atoms with E-state index in [9.17, 15) is 0 Å². The highest BCUT2D eigenvalue weighted by atomic mass is 16.5. The molecule has 5 nitrogen and oxygen atoms in total. The Hall–Kier alpha value is -2.56. The highest BCUT2D eigenvalue weighted by molar-refractivity contribution is 5.81. The molecule has 0 atom stereocenters. The Morgan fingerprint density at radius 3 is 2.47 bits per heavy atom. The Kier molecular flexibility index (Phi) is 4.34. The van der Waals surface area contributed by atoms with Crippen LogP contribution < -0.4 is 14.9 Å². The first-order chi connectivity index (χ1) is 9.33. The Morgan fingerprint density at radius 2 is 1.79 bits per heavy atom. The minimum atomic E-state index is 0.676. The number of hydrazone groups is 1. The van der Waals surface area contributed by atoms with Crippen LogP contribution in [0.25, 0.3) is 0 Å². The van der Waals surface area contributed by atoms with Crippen molar-refractivity contribution in [1.29, 1.82) is 0 Å². The maximum Gasteiger partial charge on any atom is 0.161 e. The third-order valence-corrected chi connectivity index (χ3v) is 2.50. The largest absolute Gasteiger partial charge is 0.493 e. The van der Waals surface area contributed by atoms with Crippen LogP contribution in [0, 0.1) is 0 Å². The monoisotopic (exact) mass is 257 g/mol. The summed E-state index contributed by atoms with van der Waals surface area (Å²) in [5.41, 5.74) is 4.71. The van der Waals surface area contributed by atoms with Gasteiger partial charge in [-0.05, 0) is 35.9 Å². The molecule has 0 aliphatic rings. The van der Waals surface area contributed by atoms with Gasteiger partial charge in [-0.2, -0.15) is 5.10 Å². The standard InChI is InChI=1S/C14H15N3O2/c1-18-13-4-3-11(9-14(13)19-2)10-16-17-12-5-7-15-8-6-12/h3-10H,1-2H3,(H,15,17)/b16-10-. The Labute approximate surface area is 111 Å². The lowest BCUT2D eigenvalue weighted by atomic mass is 10.2. The number of ether oxygens (including phenoxy) is 2. The van der Waals surface area contributed by atoms with Gasteiger partial charge in [0.15, 0.2) is 11.5 Å². The summed E-state index contributed by atoms with van der Waals surface area (Å²) in [5, 5.41) is 4.14. The van der Waals surface area contributed by atoms with Crippen molar-refractivity contribution in [3.05, 3.63) is 48.3 Å². The molecule has 0 saturated heterocycles. The van der Waals surface area contributed by atoms with Crippen molar-refractivity contribution in [3.63, 3.8) is 0 Å². The highest BCUT2D eigenvalue weighted by Gasteiger charge is 2.02. The second-order valence-corrected chi connectivity index (χ2v) is 3.72. The van der Waals surface area contributed by atoms with Crippen molar-refractivity contribution in [2.24, 2.45) is 5.10 Å². The fourth-order valence-corrected chi connectivity index (χ4v) is 1.54. The number of hydrogen-bond acceptors (Lipinski definition) is 5. The van der Waals surface area contributed by atoms with Crippen molar-refractivity contribution in [2.45, 2.75) is 0 Å². The summed E-state index contributed by atoms with van der Waals surface area (Å²) >= 11 is 0. The van der Waals surface area contributed by atoms with Crippen LogP contribution >= 0.6 is 0 Å². The van der Waals surface area contributed by atoms with Crippen LogP contribution in [-0.2, 0) is 0 Å². The lowest BCUT2D eigenvalue weighted by molar-refractivity contribution is 0.355. The summed E-state index contributed by atoms with van der Waals surface area (Å²) in [4.78, 5) is 3.93. The van der Waals surface area contributed by atoms with Crippen LogP contribution in [0.4, 0.5) is 5.69 Å². The van der Waals surface area contributed by atoms with Gasteiger partial charge in [-0.1, -0.05) is 0 Å². The van der Waals surface area contributed by atoms with Gasteiger partial charge in [0.2, 0.25) is 0 Å². The summed E-state index contributed by atoms with van der Waals surface area (Å²) in [6.07, 6.45) is 5.12. The van der Waals surface area contributed by atoms with E-state index < -0.39 is 0 Å². The van der Waals surface area contributed by atoms with E-state index in [-0.39, 0.29) is 0 Å². The van der Waals surface area contributed by atoms with Crippen molar-refractivity contribution in [3.8, 4) is 11.5 Å². The second-order valence-electron chi connectivity index (χ2n) is 3.72. The molecule has 0 aliphatic heterocycles. The van der Waals surface area contributed by atoms with Crippen molar-refractivity contribution < 1.29 is 9.47 Å². The number of rotatable bonds is 5. The zero-order chi connectivity index (χ0) is 13.5. The molecular formula is C14H15N3O2. The molecular weight excluding hydrogens is 242 g/mol. The van der Waals surface area contributed by atoms with Gasteiger partial charge in [-0.25, -0.2) is 0 Å². The number of nitrogens with one attached hydrogen (secondary N) is 1. The topological polar surface area (TPSA) is 55.7 Å². The molecule has 0 aliphatic carbocycles. The number of anilines is 1. The number of nitrogens with zero attached hydrogens (tertiary/aromatic N) is 2. The van der Waals surface area contributed by atoms with E-state index in [1.54, 1.807) is 32.8 Å². The summed E-state index contributed by atoms with van der Waals surface area (Å²) in [5.74, 6) is 1.37. The zero-order valence-corrected chi connectivity index (χ0v) is 10.8. The predicted molar refractivity (Wildman–Crippen MR) is 75.0 cm³/mol. The molecule has 1 aromatic heterocycles. The molecule has 98 valence electrons. The minimum absolute atomic E-state index is 0.676. The SMILES string of the molecule is COc1ccc(/C=N\Nc2ccncc2)cc1OC. The van der Waals surface area contributed by atoms with Gasteiger partial charge in [0.1, 0.15) is 0 Å². The summed E-state index contributed by atoms with van der Waals surface area (Å²) in [6.45, 7) is 0. The normalized spacial score (nSPS) is 10.4. The molecule has 0 amide bonds. The Morgan fingerprint density at radius 1 is 1.05 bits per heavy atom. The first kappa shape index (κ1) is 12.9. The average Bonchev–Trinajstić information content (AvgIpc) is 2.48. The highest BCUT2D eigenvalue weighted by Crippen LogP contribution is 2.26. The van der Waals surface area contributed by atoms with E-state index in [0.717, 1.165) is 11.3 Å². The van der Waals surface area contributed by atoms with E-state index in [0.29, 0.717) is 11.5 Å². The number of aromatic nitrogens is 1. The van der Waals surface area contributed by atoms with Crippen LogP contribution in [-0.4, -0.2) is 25.4 Å². The molecule has 19 heavy (non-hydrogen) atoms. The molecule has 0 unspecified atom stereocenters. The van der Waals surface area contributed by atoms with Crippen LogP contribution in [0.1, 0.15) is 5.56 Å². The van der Waals surface area contributed by atoms with Crippen LogP contribution in [0.2, 0.25) is 0 Å². The maximum atomic E-state index is 5.23. The van der Waals surface area contributed by atoms with E-state index in [1.807, 2.05) is 30.3 Å².